The largest absolute Gasteiger partial charge is 0.376 e. The van der Waals surface area contributed by atoms with E-state index in [1.54, 1.807) is 24.3 Å². The SMILES string of the molecule is CC(=O)c1ccccc1NCC(=O)Nc1cc(Cl)c(Cl)cc1Cl. The Morgan fingerprint density at radius 3 is 2.30 bits per heavy atom. The highest BCUT2D eigenvalue weighted by Gasteiger charge is 2.11. The number of halogens is 3. The minimum absolute atomic E-state index is 0.0269. The summed E-state index contributed by atoms with van der Waals surface area (Å²) < 4.78 is 0. The van der Waals surface area contributed by atoms with Crippen molar-refractivity contribution in [2.24, 2.45) is 0 Å². The Morgan fingerprint density at radius 1 is 0.957 bits per heavy atom. The van der Waals surface area contributed by atoms with E-state index in [9.17, 15) is 9.59 Å². The molecule has 0 atom stereocenters. The molecule has 0 fully saturated rings. The highest BCUT2D eigenvalue weighted by Crippen LogP contribution is 2.32. The molecule has 0 bridgehead atoms. The van der Waals surface area contributed by atoms with Crippen molar-refractivity contribution in [1.82, 2.24) is 0 Å². The summed E-state index contributed by atoms with van der Waals surface area (Å²) in [6.45, 7) is 1.44. The maximum Gasteiger partial charge on any atom is 0.243 e. The smallest absolute Gasteiger partial charge is 0.243 e. The summed E-state index contributed by atoms with van der Waals surface area (Å²) in [5, 5.41) is 6.45. The van der Waals surface area contributed by atoms with Gasteiger partial charge < -0.3 is 10.6 Å². The van der Waals surface area contributed by atoms with Crippen LogP contribution < -0.4 is 10.6 Å². The van der Waals surface area contributed by atoms with Crippen LogP contribution in [0.3, 0.4) is 0 Å². The third-order valence-electron chi connectivity index (χ3n) is 3.03. The molecular weight excluding hydrogens is 359 g/mol. The molecule has 0 saturated heterocycles. The van der Waals surface area contributed by atoms with E-state index >= 15 is 0 Å². The molecular formula is C16H13Cl3N2O2. The number of Topliss-reactive ketones (excluding diaryl/α,β-unsaturated/α-hetero) is 1. The molecule has 0 aliphatic carbocycles. The second-order valence-corrected chi connectivity index (χ2v) is 5.97. The quantitative estimate of drug-likeness (QED) is 0.580. The van der Waals surface area contributed by atoms with Crippen molar-refractivity contribution < 1.29 is 9.59 Å². The Bertz CT molecular complexity index is 763. The monoisotopic (exact) mass is 370 g/mol. The maximum atomic E-state index is 12.0. The van der Waals surface area contributed by atoms with Gasteiger partial charge in [0.2, 0.25) is 5.91 Å². The number of anilines is 2. The summed E-state index contributed by atoms with van der Waals surface area (Å²) in [6.07, 6.45) is 0. The van der Waals surface area contributed by atoms with Gasteiger partial charge in [0.15, 0.2) is 5.78 Å². The Kier molecular flexibility index (Phi) is 5.88. The lowest BCUT2D eigenvalue weighted by molar-refractivity contribution is -0.114. The Hall–Kier alpha value is -1.75. The van der Waals surface area contributed by atoms with E-state index in [1.165, 1.54) is 19.1 Å². The predicted octanol–water partition coefficient (Wildman–Crippen LogP) is 4.90. The van der Waals surface area contributed by atoms with E-state index in [0.717, 1.165) is 0 Å². The average molecular weight is 372 g/mol. The number of hydrogen-bond donors (Lipinski definition) is 2. The van der Waals surface area contributed by atoms with Crippen LogP contribution in [0, 0.1) is 0 Å². The van der Waals surface area contributed by atoms with Gasteiger partial charge in [-0.2, -0.15) is 0 Å². The molecule has 0 spiro atoms. The minimum Gasteiger partial charge on any atom is -0.376 e. The lowest BCUT2D eigenvalue weighted by Crippen LogP contribution is -2.22. The van der Waals surface area contributed by atoms with Crippen molar-refractivity contribution in [2.75, 3.05) is 17.2 Å². The number of carbonyl (C=O) groups is 2. The minimum atomic E-state index is -0.330. The van der Waals surface area contributed by atoms with Crippen LogP contribution in [0.15, 0.2) is 36.4 Å². The molecule has 2 aromatic carbocycles. The summed E-state index contributed by atoms with van der Waals surface area (Å²) in [4.78, 5) is 23.6. The van der Waals surface area contributed by atoms with E-state index in [4.69, 9.17) is 34.8 Å². The van der Waals surface area contributed by atoms with Crippen molar-refractivity contribution in [3.8, 4) is 0 Å². The summed E-state index contributed by atoms with van der Waals surface area (Å²) in [7, 11) is 0. The van der Waals surface area contributed by atoms with Gasteiger partial charge in [0, 0.05) is 11.3 Å². The Balaban J connectivity index is 2.04. The molecule has 2 N–H and O–H groups in total. The number of benzene rings is 2. The van der Waals surface area contributed by atoms with Crippen molar-refractivity contribution in [2.45, 2.75) is 6.92 Å². The van der Waals surface area contributed by atoms with Gasteiger partial charge >= 0.3 is 0 Å². The van der Waals surface area contributed by atoms with Crippen LogP contribution in [-0.4, -0.2) is 18.2 Å². The fraction of sp³-hybridized carbons (Fsp3) is 0.125. The summed E-state index contributed by atoms with van der Waals surface area (Å²) in [6, 6.07) is 9.90. The zero-order valence-electron chi connectivity index (χ0n) is 12.1. The van der Waals surface area contributed by atoms with Crippen LogP contribution >= 0.6 is 34.8 Å². The van der Waals surface area contributed by atoms with Gasteiger partial charge in [-0.05, 0) is 31.2 Å². The first kappa shape index (κ1) is 17.6. The van der Waals surface area contributed by atoms with E-state index < -0.39 is 0 Å². The van der Waals surface area contributed by atoms with Crippen LogP contribution in [0.5, 0.6) is 0 Å². The average Bonchev–Trinajstić information content (AvgIpc) is 2.50. The number of amides is 1. The molecule has 0 aromatic heterocycles. The van der Waals surface area contributed by atoms with Crippen molar-refractivity contribution in [3.63, 3.8) is 0 Å². The lowest BCUT2D eigenvalue weighted by Gasteiger charge is -2.12. The fourth-order valence-corrected chi connectivity index (χ4v) is 2.53. The molecule has 0 saturated carbocycles. The summed E-state index contributed by atoms with van der Waals surface area (Å²) in [5.41, 5.74) is 1.48. The molecule has 4 nitrogen and oxygen atoms in total. The van der Waals surface area contributed by atoms with Crippen LogP contribution in [-0.2, 0) is 4.79 Å². The van der Waals surface area contributed by atoms with Crippen molar-refractivity contribution in [3.05, 3.63) is 57.0 Å². The van der Waals surface area contributed by atoms with Crippen LogP contribution in [0.2, 0.25) is 15.1 Å². The molecule has 0 radical (unpaired) electrons. The standard InChI is InChI=1S/C16H13Cl3N2O2/c1-9(22)10-4-2-3-5-14(10)20-8-16(23)21-15-7-12(18)11(17)6-13(15)19/h2-7,20H,8H2,1H3,(H,21,23). The fourth-order valence-electron chi connectivity index (χ4n) is 1.93. The number of rotatable bonds is 5. The van der Waals surface area contributed by atoms with Gasteiger partial charge in [-0.15, -0.1) is 0 Å². The first-order chi connectivity index (χ1) is 10.9. The van der Waals surface area contributed by atoms with Crippen LogP contribution in [0.25, 0.3) is 0 Å². The number of nitrogens with one attached hydrogen (secondary N) is 2. The van der Waals surface area contributed by atoms with Crippen molar-refractivity contribution >= 4 is 57.9 Å². The third kappa shape index (κ3) is 4.61. The van der Waals surface area contributed by atoms with E-state index in [2.05, 4.69) is 10.6 Å². The van der Waals surface area contributed by atoms with E-state index in [0.29, 0.717) is 27.0 Å². The van der Waals surface area contributed by atoms with Gasteiger partial charge in [0.25, 0.3) is 0 Å². The second-order valence-electron chi connectivity index (χ2n) is 4.75. The van der Waals surface area contributed by atoms with Gasteiger partial charge in [-0.3, -0.25) is 9.59 Å². The van der Waals surface area contributed by atoms with Gasteiger partial charge in [-0.1, -0.05) is 46.9 Å². The molecule has 1 amide bonds. The zero-order chi connectivity index (χ0) is 17.0. The highest BCUT2D eigenvalue weighted by atomic mass is 35.5. The zero-order valence-corrected chi connectivity index (χ0v) is 14.4. The molecule has 2 aromatic rings. The first-order valence-electron chi connectivity index (χ1n) is 6.66. The summed E-state index contributed by atoms with van der Waals surface area (Å²) >= 11 is 17.7. The number of carbonyl (C=O) groups excluding carboxylic acids is 2. The molecule has 23 heavy (non-hydrogen) atoms. The number of ketones is 1. The molecule has 0 unspecified atom stereocenters. The molecule has 120 valence electrons. The van der Waals surface area contributed by atoms with Crippen LogP contribution in [0.1, 0.15) is 17.3 Å². The topological polar surface area (TPSA) is 58.2 Å². The first-order valence-corrected chi connectivity index (χ1v) is 7.80. The third-order valence-corrected chi connectivity index (χ3v) is 4.06. The van der Waals surface area contributed by atoms with E-state index in [-0.39, 0.29) is 23.3 Å². The van der Waals surface area contributed by atoms with Gasteiger partial charge in [-0.25, -0.2) is 0 Å². The van der Waals surface area contributed by atoms with Gasteiger partial charge in [0.05, 0.1) is 27.3 Å². The molecule has 0 aliphatic rings. The van der Waals surface area contributed by atoms with Gasteiger partial charge in [0.1, 0.15) is 0 Å². The van der Waals surface area contributed by atoms with Crippen LogP contribution in [0.4, 0.5) is 11.4 Å². The Labute approximate surface area is 148 Å². The second kappa shape index (κ2) is 7.68. The predicted molar refractivity (Wildman–Crippen MR) is 95.0 cm³/mol. The number of hydrogen-bond acceptors (Lipinski definition) is 3. The normalized spacial score (nSPS) is 10.3. The highest BCUT2D eigenvalue weighted by molar-refractivity contribution is 6.44. The maximum absolute atomic E-state index is 12.0. The molecule has 7 heteroatoms. The molecule has 0 aliphatic heterocycles. The Morgan fingerprint density at radius 2 is 1.61 bits per heavy atom. The van der Waals surface area contributed by atoms with Crippen molar-refractivity contribution in [1.29, 1.82) is 0 Å². The van der Waals surface area contributed by atoms with E-state index in [1.807, 2.05) is 0 Å². The summed E-state index contributed by atoms with van der Waals surface area (Å²) in [5.74, 6) is -0.412. The molecule has 2 rings (SSSR count). The molecule has 0 heterocycles. The lowest BCUT2D eigenvalue weighted by atomic mass is 10.1. The number of para-hydroxylation sites is 1.